The van der Waals surface area contributed by atoms with Crippen molar-refractivity contribution < 1.29 is 19.8 Å². The Morgan fingerprint density at radius 1 is 1.33 bits per heavy atom. The number of para-hydroxylation sites is 1. The minimum absolute atomic E-state index is 0.352. The number of aromatic amines is 1. The van der Waals surface area contributed by atoms with Gasteiger partial charge in [0.1, 0.15) is 0 Å². The summed E-state index contributed by atoms with van der Waals surface area (Å²) < 4.78 is 0. The third kappa shape index (κ3) is 2.18. The van der Waals surface area contributed by atoms with E-state index in [4.69, 9.17) is 10.2 Å². The molecule has 1 heterocycles. The average Bonchev–Trinajstić information content (AvgIpc) is 2.79. The SMILES string of the molecule is O=C(NC(CO)C(=O)O)c1c[nH]c2ccccc12. The summed E-state index contributed by atoms with van der Waals surface area (Å²) in [7, 11) is 0. The minimum atomic E-state index is -1.30. The fraction of sp³-hybridized carbons (Fsp3) is 0.167. The van der Waals surface area contributed by atoms with E-state index in [1.807, 2.05) is 12.1 Å². The first-order valence-electron chi connectivity index (χ1n) is 5.34. The number of aliphatic carboxylic acids is 1. The predicted octanol–water partition coefficient (Wildman–Crippen LogP) is 0.343. The van der Waals surface area contributed by atoms with Crippen LogP contribution in [-0.2, 0) is 4.79 Å². The van der Waals surface area contributed by atoms with Crippen molar-refractivity contribution in [1.29, 1.82) is 0 Å². The van der Waals surface area contributed by atoms with E-state index in [0.717, 1.165) is 5.52 Å². The van der Waals surface area contributed by atoms with Crippen LogP contribution in [0.3, 0.4) is 0 Å². The number of rotatable bonds is 4. The van der Waals surface area contributed by atoms with Crippen LogP contribution in [0, 0.1) is 0 Å². The summed E-state index contributed by atoms with van der Waals surface area (Å²) in [5.41, 5.74) is 1.14. The van der Waals surface area contributed by atoms with Crippen molar-refractivity contribution in [3.63, 3.8) is 0 Å². The first-order chi connectivity index (χ1) is 8.63. The highest BCUT2D eigenvalue weighted by Gasteiger charge is 2.21. The number of carboxylic acids is 1. The molecule has 1 atom stereocenters. The minimum Gasteiger partial charge on any atom is -0.480 e. The molecule has 0 bridgehead atoms. The number of H-pyrrole nitrogens is 1. The highest BCUT2D eigenvalue weighted by Crippen LogP contribution is 2.17. The first-order valence-corrected chi connectivity index (χ1v) is 5.34. The average molecular weight is 248 g/mol. The Balaban J connectivity index is 2.26. The quantitative estimate of drug-likeness (QED) is 0.626. The first kappa shape index (κ1) is 12.1. The largest absolute Gasteiger partial charge is 0.480 e. The Kier molecular flexibility index (Phi) is 3.29. The molecule has 1 aromatic carbocycles. The van der Waals surface area contributed by atoms with Gasteiger partial charge in [-0.05, 0) is 6.07 Å². The van der Waals surface area contributed by atoms with E-state index in [1.165, 1.54) is 6.20 Å². The van der Waals surface area contributed by atoms with E-state index in [0.29, 0.717) is 10.9 Å². The molecular weight excluding hydrogens is 236 g/mol. The second kappa shape index (κ2) is 4.89. The van der Waals surface area contributed by atoms with E-state index in [9.17, 15) is 9.59 Å². The van der Waals surface area contributed by atoms with Gasteiger partial charge in [-0.3, -0.25) is 4.79 Å². The number of amides is 1. The number of aromatic nitrogens is 1. The molecule has 0 aliphatic heterocycles. The van der Waals surface area contributed by atoms with Gasteiger partial charge in [0.05, 0.1) is 12.2 Å². The molecule has 1 unspecified atom stereocenters. The zero-order valence-electron chi connectivity index (χ0n) is 9.38. The molecule has 0 saturated heterocycles. The lowest BCUT2D eigenvalue weighted by Crippen LogP contribution is -2.43. The molecule has 94 valence electrons. The molecule has 0 aliphatic carbocycles. The van der Waals surface area contributed by atoms with Crippen LogP contribution in [0.15, 0.2) is 30.5 Å². The molecule has 4 N–H and O–H groups in total. The van der Waals surface area contributed by atoms with Gasteiger partial charge in [-0.15, -0.1) is 0 Å². The van der Waals surface area contributed by atoms with Gasteiger partial charge in [-0.1, -0.05) is 18.2 Å². The van der Waals surface area contributed by atoms with Crippen LogP contribution in [0.4, 0.5) is 0 Å². The van der Waals surface area contributed by atoms with Gasteiger partial charge in [-0.25, -0.2) is 4.79 Å². The molecular formula is C12H12N2O4. The maximum absolute atomic E-state index is 11.9. The molecule has 0 saturated carbocycles. The highest BCUT2D eigenvalue weighted by molar-refractivity contribution is 6.07. The number of fused-ring (bicyclic) bond motifs is 1. The fourth-order valence-electron chi connectivity index (χ4n) is 1.68. The number of hydrogen-bond donors (Lipinski definition) is 4. The zero-order chi connectivity index (χ0) is 13.1. The van der Waals surface area contributed by atoms with Crippen molar-refractivity contribution in [2.75, 3.05) is 6.61 Å². The van der Waals surface area contributed by atoms with Crippen LogP contribution in [0.5, 0.6) is 0 Å². The maximum atomic E-state index is 11.9. The van der Waals surface area contributed by atoms with E-state index < -0.39 is 24.5 Å². The summed E-state index contributed by atoms with van der Waals surface area (Å²) in [5, 5.41) is 20.6. The molecule has 0 radical (unpaired) electrons. The summed E-state index contributed by atoms with van der Waals surface area (Å²) in [6.07, 6.45) is 1.51. The summed E-state index contributed by atoms with van der Waals surface area (Å²) in [4.78, 5) is 25.5. The van der Waals surface area contributed by atoms with Crippen LogP contribution in [-0.4, -0.2) is 39.7 Å². The number of nitrogens with one attached hydrogen (secondary N) is 2. The van der Waals surface area contributed by atoms with Gasteiger partial charge in [0.15, 0.2) is 6.04 Å². The number of benzene rings is 1. The van der Waals surface area contributed by atoms with Gasteiger partial charge in [-0.2, -0.15) is 0 Å². The molecule has 0 aliphatic rings. The molecule has 1 amide bonds. The second-order valence-corrected chi connectivity index (χ2v) is 3.79. The summed E-state index contributed by atoms with van der Waals surface area (Å²) in [6, 6.07) is 5.88. The topological polar surface area (TPSA) is 102 Å². The lowest BCUT2D eigenvalue weighted by Gasteiger charge is -2.10. The van der Waals surface area contributed by atoms with Crippen molar-refractivity contribution in [2.24, 2.45) is 0 Å². The van der Waals surface area contributed by atoms with E-state index >= 15 is 0 Å². The number of carboxylic acid groups (broad SMARTS) is 1. The number of aliphatic hydroxyl groups excluding tert-OH is 1. The third-order valence-electron chi connectivity index (χ3n) is 2.62. The van der Waals surface area contributed by atoms with Crippen molar-refractivity contribution >= 4 is 22.8 Å². The van der Waals surface area contributed by atoms with Crippen molar-refractivity contribution in [3.8, 4) is 0 Å². The maximum Gasteiger partial charge on any atom is 0.328 e. The van der Waals surface area contributed by atoms with Crippen LogP contribution in [0.2, 0.25) is 0 Å². The van der Waals surface area contributed by atoms with Gasteiger partial charge < -0.3 is 20.5 Å². The van der Waals surface area contributed by atoms with Crippen molar-refractivity contribution in [1.82, 2.24) is 10.3 Å². The lowest BCUT2D eigenvalue weighted by molar-refractivity contribution is -0.140. The molecule has 2 aromatic rings. The molecule has 6 heteroatoms. The third-order valence-corrected chi connectivity index (χ3v) is 2.62. The molecule has 18 heavy (non-hydrogen) atoms. The van der Waals surface area contributed by atoms with Gasteiger partial charge in [0, 0.05) is 17.1 Å². The lowest BCUT2D eigenvalue weighted by atomic mass is 10.1. The van der Waals surface area contributed by atoms with E-state index in [-0.39, 0.29) is 0 Å². The van der Waals surface area contributed by atoms with E-state index in [2.05, 4.69) is 10.3 Å². The summed E-state index contributed by atoms with van der Waals surface area (Å²) in [6.45, 7) is -0.649. The molecule has 6 nitrogen and oxygen atoms in total. The Labute approximate surface area is 102 Å². The second-order valence-electron chi connectivity index (χ2n) is 3.79. The fourth-order valence-corrected chi connectivity index (χ4v) is 1.68. The van der Waals surface area contributed by atoms with Crippen LogP contribution in [0.25, 0.3) is 10.9 Å². The Hall–Kier alpha value is -2.34. The normalized spacial score (nSPS) is 12.3. The van der Waals surface area contributed by atoms with Crippen LogP contribution >= 0.6 is 0 Å². The zero-order valence-corrected chi connectivity index (χ0v) is 9.38. The Morgan fingerprint density at radius 2 is 2.06 bits per heavy atom. The Morgan fingerprint density at radius 3 is 2.72 bits per heavy atom. The predicted molar refractivity (Wildman–Crippen MR) is 64.3 cm³/mol. The van der Waals surface area contributed by atoms with Gasteiger partial charge in [0.25, 0.3) is 5.91 Å². The molecule has 0 spiro atoms. The number of carbonyl (C=O) groups is 2. The van der Waals surface area contributed by atoms with E-state index in [1.54, 1.807) is 12.1 Å². The molecule has 0 fully saturated rings. The van der Waals surface area contributed by atoms with Crippen molar-refractivity contribution in [3.05, 3.63) is 36.0 Å². The Bertz CT molecular complexity index is 591. The number of carbonyl (C=O) groups excluding carboxylic acids is 1. The van der Waals surface area contributed by atoms with Crippen LogP contribution < -0.4 is 5.32 Å². The smallest absolute Gasteiger partial charge is 0.328 e. The molecule has 1 aromatic heterocycles. The van der Waals surface area contributed by atoms with Crippen LogP contribution in [0.1, 0.15) is 10.4 Å². The summed E-state index contributed by atoms with van der Waals surface area (Å²) >= 11 is 0. The monoisotopic (exact) mass is 248 g/mol. The highest BCUT2D eigenvalue weighted by atomic mass is 16.4. The number of hydrogen-bond acceptors (Lipinski definition) is 3. The standard InChI is InChI=1S/C12H12N2O4/c15-6-10(12(17)18)14-11(16)8-5-13-9-4-2-1-3-7(8)9/h1-5,10,13,15H,6H2,(H,14,16)(H,17,18). The van der Waals surface area contributed by atoms with Crippen molar-refractivity contribution in [2.45, 2.75) is 6.04 Å². The number of aliphatic hydroxyl groups is 1. The molecule has 2 rings (SSSR count). The van der Waals surface area contributed by atoms with Gasteiger partial charge >= 0.3 is 5.97 Å². The summed E-state index contributed by atoms with van der Waals surface area (Å²) in [5.74, 6) is -1.81. The van der Waals surface area contributed by atoms with Gasteiger partial charge in [0.2, 0.25) is 0 Å².